The van der Waals surface area contributed by atoms with Crippen molar-refractivity contribution in [3.05, 3.63) is 65.9 Å². The minimum Gasteiger partial charge on any atom is -0.507 e. The van der Waals surface area contributed by atoms with Gasteiger partial charge in [0.05, 0.1) is 6.04 Å². The van der Waals surface area contributed by atoms with Crippen molar-refractivity contribution >= 4 is 5.82 Å². The minimum atomic E-state index is -0.385. The first-order chi connectivity index (χ1) is 13.3. The number of rotatable bonds is 4. The van der Waals surface area contributed by atoms with Gasteiger partial charge in [0.15, 0.2) is 23.0 Å². The largest absolute Gasteiger partial charge is 0.507 e. The molecule has 5 rings (SSSR count). The van der Waals surface area contributed by atoms with E-state index < -0.39 is 0 Å². The molecule has 2 aliphatic rings. The monoisotopic (exact) mass is 364 g/mol. The third-order valence-corrected chi connectivity index (χ3v) is 4.52. The molecule has 0 aliphatic carbocycles. The zero-order chi connectivity index (χ0) is 18.2. The number of anilines is 1. The van der Waals surface area contributed by atoms with E-state index in [1.165, 1.54) is 0 Å². The van der Waals surface area contributed by atoms with Crippen LogP contribution in [0, 0.1) is 0 Å². The highest BCUT2D eigenvalue weighted by molar-refractivity contribution is 5.58. The summed E-state index contributed by atoms with van der Waals surface area (Å²) < 4.78 is 21.7. The molecule has 136 valence electrons. The Hall–Kier alpha value is -3.61. The van der Waals surface area contributed by atoms with Gasteiger partial charge in [0, 0.05) is 17.8 Å². The summed E-state index contributed by atoms with van der Waals surface area (Å²) in [5.41, 5.74) is 1.53. The van der Waals surface area contributed by atoms with E-state index >= 15 is 0 Å². The second-order valence-corrected chi connectivity index (χ2v) is 6.17. The number of ether oxygens (including phenoxy) is 4. The molecule has 27 heavy (non-hydrogen) atoms. The predicted octanol–water partition coefficient (Wildman–Crippen LogP) is 3.45. The molecule has 7 nitrogen and oxygen atoms in total. The molecule has 3 heterocycles. The molecule has 2 aromatic carbocycles. The lowest BCUT2D eigenvalue weighted by atomic mass is 9.96. The molecule has 0 spiro atoms. The van der Waals surface area contributed by atoms with Crippen molar-refractivity contribution in [1.29, 1.82) is 0 Å². The standard InChI is InChI=1S/C20H16N2O5/c23-14-9-18-17(26-11-27-18)8-13(14)20(22-19-3-1-2-6-21-19)12-4-5-15-16(7-12)25-10-24-15/h1-9,20,23H,10-11H2,(H,21,22)/t20-/m0/s1. The summed E-state index contributed by atoms with van der Waals surface area (Å²) in [4.78, 5) is 4.34. The highest BCUT2D eigenvalue weighted by Gasteiger charge is 2.25. The van der Waals surface area contributed by atoms with Gasteiger partial charge in [0.2, 0.25) is 13.6 Å². The van der Waals surface area contributed by atoms with Crippen molar-refractivity contribution in [3.63, 3.8) is 0 Å². The summed E-state index contributed by atoms with van der Waals surface area (Å²) in [6.45, 7) is 0.340. The van der Waals surface area contributed by atoms with Crippen LogP contribution in [0.3, 0.4) is 0 Å². The Morgan fingerprint density at radius 3 is 2.37 bits per heavy atom. The molecule has 0 bridgehead atoms. The fourth-order valence-corrected chi connectivity index (χ4v) is 3.21. The summed E-state index contributed by atoms with van der Waals surface area (Å²) in [5.74, 6) is 3.27. The highest BCUT2D eigenvalue weighted by Crippen LogP contribution is 2.43. The van der Waals surface area contributed by atoms with E-state index in [0.717, 1.165) is 5.56 Å². The van der Waals surface area contributed by atoms with Crippen LogP contribution in [-0.4, -0.2) is 23.7 Å². The zero-order valence-electron chi connectivity index (χ0n) is 14.2. The number of aromatic nitrogens is 1. The number of nitrogens with zero attached hydrogens (tertiary/aromatic N) is 1. The van der Waals surface area contributed by atoms with E-state index in [1.807, 2.05) is 36.4 Å². The quantitative estimate of drug-likeness (QED) is 0.734. The molecule has 3 aromatic rings. The lowest BCUT2D eigenvalue weighted by molar-refractivity contribution is 0.173. The van der Waals surface area contributed by atoms with Crippen LogP contribution in [0.2, 0.25) is 0 Å². The Balaban J connectivity index is 1.60. The Morgan fingerprint density at radius 1 is 0.852 bits per heavy atom. The number of hydrogen-bond acceptors (Lipinski definition) is 7. The van der Waals surface area contributed by atoms with Crippen molar-refractivity contribution in [2.75, 3.05) is 18.9 Å². The van der Waals surface area contributed by atoms with Gasteiger partial charge in [-0.05, 0) is 35.9 Å². The SMILES string of the molecule is Oc1cc2c(cc1[C@@H](Nc1ccccn1)c1ccc3c(c1)OCO3)OCO2. The molecular weight excluding hydrogens is 348 g/mol. The number of pyridine rings is 1. The number of nitrogens with one attached hydrogen (secondary N) is 1. The predicted molar refractivity (Wildman–Crippen MR) is 96.5 cm³/mol. The van der Waals surface area contributed by atoms with Crippen LogP contribution in [0.5, 0.6) is 28.7 Å². The first-order valence-corrected chi connectivity index (χ1v) is 8.47. The van der Waals surface area contributed by atoms with Gasteiger partial charge in [-0.15, -0.1) is 0 Å². The van der Waals surface area contributed by atoms with Crippen LogP contribution in [0.15, 0.2) is 54.7 Å². The third-order valence-electron chi connectivity index (χ3n) is 4.52. The van der Waals surface area contributed by atoms with E-state index in [9.17, 15) is 5.11 Å². The van der Waals surface area contributed by atoms with E-state index in [2.05, 4.69) is 10.3 Å². The average molecular weight is 364 g/mol. The van der Waals surface area contributed by atoms with Gasteiger partial charge in [-0.3, -0.25) is 0 Å². The molecule has 2 aliphatic heterocycles. The van der Waals surface area contributed by atoms with Crippen LogP contribution in [-0.2, 0) is 0 Å². The topological polar surface area (TPSA) is 82.1 Å². The molecule has 1 aromatic heterocycles. The lowest BCUT2D eigenvalue weighted by Gasteiger charge is -2.22. The van der Waals surface area contributed by atoms with Crippen LogP contribution >= 0.6 is 0 Å². The maximum Gasteiger partial charge on any atom is 0.231 e. The Morgan fingerprint density at radius 2 is 1.59 bits per heavy atom. The minimum absolute atomic E-state index is 0.102. The Bertz CT molecular complexity index is 993. The number of phenols is 1. The van der Waals surface area contributed by atoms with Gasteiger partial charge < -0.3 is 29.4 Å². The zero-order valence-corrected chi connectivity index (χ0v) is 14.2. The Kier molecular flexibility index (Phi) is 3.64. The van der Waals surface area contributed by atoms with Gasteiger partial charge in [0.25, 0.3) is 0 Å². The van der Waals surface area contributed by atoms with Crippen LogP contribution < -0.4 is 24.3 Å². The second kappa shape index (κ2) is 6.28. The number of benzene rings is 2. The molecule has 0 unspecified atom stereocenters. The first kappa shape index (κ1) is 15.6. The first-order valence-electron chi connectivity index (χ1n) is 8.47. The fourth-order valence-electron chi connectivity index (χ4n) is 3.21. The molecule has 0 saturated carbocycles. The number of hydrogen-bond donors (Lipinski definition) is 2. The summed E-state index contributed by atoms with van der Waals surface area (Å²) in [6, 6.07) is 14.2. The normalized spacial score (nSPS) is 14.8. The fraction of sp³-hybridized carbons (Fsp3) is 0.150. The molecule has 0 fully saturated rings. The van der Waals surface area contributed by atoms with Crippen molar-refractivity contribution < 1.29 is 24.1 Å². The maximum absolute atomic E-state index is 10.6. The van der Waals surface area contributed by atoms with Gasteiger partial charge in [0.1, 0.15) is 11.6 Å². The average Bonchev–Trinajstić information content (AvgIpc) is 3.34. The smallest absolute Gasteiger partial charge is 0.231 e. The van der Waals surface area contributed by atoms with Crippen LogP contribution in [0.4, 0.5) is 5.82 Å². The summed E-state index contributed by atoms with van der Waals surface area (Å²) in [5, 5.41) is 14.0. The summed E-state index contributed by atoms with van der Waals surface area (Å²) in [6.07, 6.45) is 1.71. The van der Waals surface area contributed by atoms with E-state index in [4.69, 9.17) is 18.9 Å². The van der Waals surface area contributed by atoms with Crippen molar-refractivity contribution in [2.24, 2.45) is 0 Å². The summed E-state index contributed by atoms with van der Waals surface area (Å²) >= 11 is 0. The highest BCUT2D eigenvalue weighted by atomic mass is 16.7. The van der Waals surface area contributed by atoms with E-state index in [1.54, 1.807) is 18.3 Å². The van der Waals surface area contributed by atoms with Crippen LogP contribution in [0.1, 0.15) is 17.2 Å². The second-order valence-electron chi connectivity index (χ2n) is 6.17. The molecule has 0 radical (unpaired) electrons. The number of fused-ring (bicyclic) bond motifs is 2. The maximum atomic E-state index is 10.6. The van der Waals surface area contributed by atoms with Gasteiger partial charge in [-0.2, -0.15) is 0 Å². The van der Waals surface area contributed by atoms with Crippen molar-refractivity contribution in [3.8, 4) is 28.7 Å². The van der Waals surface area contributed by atoms with Crippen LogP contribution in [0.25, 0.3) is 0 Å². The summed E-state index contributed by atoms with van der Waals surface area (Å²) in [7, 11) is 0. The number of phenolic OH excluding ortho intramolecular Hbond substituents is 1. The lowest BCUT2D eigenvalue weighted by Crippen LogP contribution is -2.13. The van der Waals surface area contributed by atoms with Crippen molar-refractivity contribution in [2.45, 2.75) is 6.04 Å². The van der Waals surface area contributed by atoms with Gasteiger partial charge in [-0.1, -0.05) is 12.1 Å². The molecular formula is C20H16N2O5. The number of aromatic hydroxyl groups is 1. The molecule has 0 amide bonds. The van der Waals surface area contributed by atoms with Crippen molar-refractivity contribution in [1.82, 2.24) is 4.98 Å². The molecule has 2 N–H and O–H groups in total. The molecule has 7 heteroatoms. The Labute approximate surface area is 155 Å². The van der Waals surface area contributed by atoms with E-state index in [0.29, 0.717) is 34.4 Å². The molecule has 0 saturated heterocycles. The van der Waals surface area contributed by atoms with E-state index in [-0.39, 0.29) is 25.4 Å². The third kappa shape index (κ3) is 2.83. The van der Waals surface area contributed by atoms with Gasteiger partial charge >= 0.3 is 0 Å². The molecule has 1 atom stereocenters. The van der Waals surface area contributed by atoms with Gasteiger partial charge in [-0.25, -0.2) is 4.98 Å².